The highest BCUT2D eigenvalue weighted by Gasteiger charge is 2.21. The lowest BCUT2D eigenvalue weighted by molar-refractivity contribution is 0.407. The average molecular weight is 197 g/mol. The van der Waals surface area contributed by atoms with Gasteiger partial charge in [-0.1, -0.05) is 0 Å². The van der Waals surface area contributed by atoms with Crippen molar-refractivity contribution >= 4 is 0 Å². The van der Waals surface area contributed by atoms with Crippen LogP contribution in [0.5, 0.6) is 5.75 Å². The zero-order valence-electron chi connectivity index (χ0n) is 9.02. The lowest BCUT2D eigenvalue weighted by Crippen LogP contribution is -2.30. The summed E-state index contributed by atoms with van der Waals surface area (Å²) >= 11 is 0. The molecule has 78 valence electrons. The predicted molar refractivity (Wildman–Crippen MR) is 54.9 cm³/mol. The number of ether oxygens (including phenoxy) is 1. The summed E-state index contributed by atoms with van der Waals surface area (Å²) < 4.78 is 18.7. The van der Waals surface area contributed by atoms with Crippen LogP contribution in [0, 0.1) is 12.7 Å². The van der Waals surface area contributed by atoms with Gasteiger partial charge in [-0.15, -0.1) is 0 Å². The van der Waals surface area contributed by atoms with Crippen molar-refractivity contribution in [2.24, 2.45) is 5.73 Å². The van der Waals surface area contributed by atoms with E-state index in [1.165, 1.54) is 0 Å². The maximum absolute atomic E-state index is 13.7. The van der Waals surface area contributed by atoms with Crippen LogP contribution < -0.4 is 10.5 Å². The topological polar surface area (TPSA) is 35.2 Å². The molecule has 1 rings (SSSR count). The molecule has 0 radical (unpaired) electrons. The number of hydrogen-bond acceptors (Lipinski definition) is 2. The molecule has 1 aromatic rings. The third-order valence-electron chi connectivity index (χ3n) is 2.16. The predicted octanol–water partition coefficient (Wildman–Crippen LogP) is 2.34. The van der Waals surface area contributed by atoms with E-state index in [1.807, 2.05) is 0 Å². The molecule has 0 saturated heterocycles. The largest absolute Gasteiger partial charge is 0.497 e. The van der Waals surface area contributed by atoms with Gasteiger partial charge in [0, 0.05) is 11.1 Å². The average Bonchev–Trinajstić information content (AvgIpc) is 2.07. The van der Waals surface area contributed by atoms with Crippen molar-refractivity contribution < 1.29 is 9.13 Å². The Labute approximate surface area is 83.9 Å². The van der Waals surface area contributed by atoms with Crippen LogP contribution in [0.25, 0.3) is 0 Å². The Morgan fingerprint density at radius 3 is 2.36 bits per heavy atom. The summed E-state index contributed by atoms with van der Waals surface area (Å²) in [6.45, 7) is 5.24. The van der Waals surface area contributed by atoms with Gasteiger partial charge in [-0.3, -0.25) is 0 Å². The van der Waals surface area contributed by atoms with Crippen LogP contribution in [-0.4, -0.2) is 7.11 Å². The smallest absolute Gasteiger partial charge is 0.131 e. The van der Waals surface area contributed by atoms with Gasteiger partial charge in [-0.25, -0.2) is 4.39 Å². The van der Waals surface area contributed by atoms with Crippen molar-refractivity contribution in [1.82, 2.24) is 0 Å². The summed E-state index contributed by atoms with van der Waals surface area (Å²) in [5.41, 5.74) is 6.20. The van der Waals surface area contributed by atoms with Crippen LogP contribution in [-0.2, 0) is 5.54 Å². The van der Waals surface area contributed by atoms with E-state index in [2.05, 4.69) is 0 Å². The Bertz CT molecular complexity index is 342. The van der Waals surface area contributed by atoms with Crippen molar-refractivity contribution in [1.29, 1.82) is 0 Å². The van der Waals surface area contributed by atoms with Crippen LogP contribution in [0.4, 0.5) is 4.39 Å². The van der Waals surface area contributed by atoms with Crippen LogP contribution in [0.2, 0.25) is 0 Å². The molecule has 0 amide bonds. The normalized spacial score (nSPS) is 11.6. The van der Waals surface area contributed by atoms with Crippen molar-refractivity contribution in [3.8, 4) is 5.75 Å². The summed E-state index contributed by atoms with van der Waals surface area (Å²) in [6.07, 6.45) is 0. The molecule has 0 atom stereocenters. The molecule has 0 saturated carbocycles. The first-order chi connectivity index (χ1) is 6.36. The van der Waals surface area contributed by atoms with E-state index in [4.69, 9.17) is 10.5 Å². The Morgan fingerprint density at radius 1 is 1.36 bits per heavy atom. The van der Waals surface area contributed by atoms with E-state index in [1.54, 1.807) is 40.0 Å². The molecule has 14 heavy (non-hydrogen) atoms. The van der Waals surface area contributed by atoms with E-state index in [-0.39, 0.29) is 5.82 Å². The maximum Gasteiger partial charge on any atom is 0.131 e. The molecule has 2 nitrogen and oxygen atoms in total. The molecule has 0 aliphatic heterocycles. The van der Waals surface area contributed by atoms with E-state index in [0.717, 1.165) is 0 Å². The van der Waals surface area contributed by atoms with Gasteiger partial charge in [0.2, 0.25) is 0 Å². The molecule has 0 heterocycles. The van der Waals surface area contributed by atoms with Crippen molar-refractivity contribution in [3.63, 3.8) is 0 Å². The van der Waals surface area contributed by atoms with Gasteiger partial charge in [0.1, 0.15) is 11.6 Å². The van der Waals surface area contributed by atoms with Gasteiger partial charge in [0.15, 0.2) is 0 Å². The van der Waals surface area contributed by atoms with Gasteiger partial charge in [0.25, 0.3) is 0 Å². The van der Waals surface area contributed by atoms with Gasteiger partial charge in [-0.2, -0.15) is 0 Å². The van der Waals surface area contributed by atoms with Gasteiger partial charge < -0.3 is 10.5 Å². The molecule has 3 heteroatoms. The lowest BCUT2D eigenvalue weighted by atomic mass is 9.93. The molecule has 0 fully saturated rings. The number of aryl methyl sites for hydroxylation is 1. The van der Waals surface area contributed by atoms with Crippen LogP contribution in [0.15, 0.2) is 12.1 Å². The van der Waals surface area contributed by atoms with E-state index >= 15 is 0 Å². The van der Waals surface area contributed by atoms with Crippen LogP contribution in [0.3, 0.4) is 0 Å². The zero-order valence-corrected chi connectivity index (χ0v) is 9.02. The Balaban J connectivity index is 3.35. The van der Waals surface area contributed by atoms with Gasteiger partial charge in [-0.05, 0) is 38.5 Å². The second-order valence-corrected chi connectivity index (χ2v) is 4.03. The van der Waals surface area contributed by atoms with Gasteiger partial charge in [0.05, 0.1) is 7.11 Å². The fraction of sp³-hybridized carbons (Fsp3) is 0.455. The highest BCUT2D eigenvalue weighted by molar-refractivity contribution is 5.38. The Kier molecular flexibility index (Phi) is 2.81. The number of nitrogens with two attached hydrogens (primary N) is 1. The molecule has 2 N–H and O–H groups in total. The summed E-state index contributed by atoms with van der Waals surface area (Å²) in [7, 11) is 1.56. The van der Waals surface area contributed by atoms with Crippen LogP contribution in [0.1, 0.15) is 25.0 Å². The molecule has 0 aromatic heterocycles. The first-order valence-corrected chi connectivity index (χ1v) is 4.49. The molecular weight excluding hydrogens is 181 g/mol. The number of benzene rings is 1. The summed E-state index contributed by atoms with van der Waals surface area (Å²) in [4.78, 5) is 0. The zero-order chi connectivity index (χ0) is 10.9. The number of methoxy groups -OCH3 is 1. The summed E-state index contributed by atoms with van der Waals surface area (Å²) in [5, 5.41) is 0. The molecule has 0 spiro atoms. The SMILES string of the molecule is COc1cc(C)c(F)c(C(C)(C)N)c1. The van der Waals surface area contributed by atoms with E-state index in [0.29, 0.717) is 16.9 Å². The third-order valence-corrected chi connectivity index (χ3v) is 2.16. The maximum atomic E-state index is 13.7. The molecule has 0 aliphatic rings. The quantitative estimate of drug-likeness (QED) is 0.789. The first kappa shape index (κ1) is 11.0. The minimum absolute atomic E-state index is 0.252. The number of halogens is 1. The molecule has 1 aromatic carbocycles. The molecule has 0 unspecified atom stereocenters. The minimum Gasteiger partial charge on any atom is -0.497 e. The Morgan fingerprint density at radius 2 is 1.93 bits per heavy atom. The minimum atomic E-state index is -0.691. The van der Waals surface area contributed by atoms with Crippen molar-refractivity contribution in [2.45, 2.75) is 26.3 Å². The highest BCUT2D eigenvalue weighted by Crippen LogP contribution is 2.27. The standard InChI is InChI=1S/C11H16FNO/c1-7-5-8(14-4)6-9(10(7)12)11(2,3)13/h5-6H,13H2,1-4H3. The monoisotopic (exact) mass is 197 g/mol. The summed E-state index contributed by atoms with van der Waals surface area (Å²) in [5.74, 6) is 0.385. The fourth-order valence-electron chi connectivity index (χ4n) is 1.32. The third kappa shape index (κ3) is 2.04. The van der Waals surface area contributed by atoms with Crippen molar-refractivity contribution in [2.75, 3.05) is 7.11 Å². The highest BCUT2D eigenvalue weighted by atomic mass is 19.1. The second kappa shape index (κ2) is 3.58. The van der Waals surface area contributed by atoms with Gasteiger partial charge >= 0.3 is 0 Å². The van der Waals surface area contributed by atoms with E-state index in [9.17, 15) is 4.39 Å². The molecule has 0 aliphatic carbocycles. The number of hydrogen-bond donors (Lipinski definition) is 1. The van der Waals surface area contributed by atoms with Crippen LogP contribution >= 0.6 is 0 Å². The molecule has 0 bridgehead atoms. The Hall–Kier alpha value is -1.09. The summed E-state index contributed by atoms with van der Waals surface area (Å²) in [6, 6.07) is 3.30. The second-order valence-electron chi connectivity index (χ2n) is 4.03. The molecular formula is C11H16FNO. The fourth-order valence-corrected chi connectivity index (χ4v) is 1.32. The first-order valence-electron chi connectivity index (χ1n) is 4.49. The van der Waals surface area contributed by atoms with E-state index < -0.39 is 5.54 Å². The van der Waals surface area contributed by atoms with Crippen molar-refractivity contribution in [3.05, 3.63) is 29.1 Å². The number of rotatable bonds is 2. The lowest BCUT2D eigenvalue weighted by Gasteiger charge is -2.21.